The van der Waals surface area contributed by atoms with Crippen LogP contribution in [0.3, 0.4) is 0 Å². The maximum atomic E-state index is 10.5. The zero-order valence-corrected chi connectivity index (χ0v) is 15.0. The van der Waals surface area contributed by atoms with Crippen molar-refractivity contribution in [1.82, 2.24) is 4.90 Å². The van der Waals surface area contributed by atoms with Crippen LogP contribution in [-0.2, 0) is 4.79 Å². The minimum Gasteiger partial charge on any atom is -0.504 e. The van der Waals surface area contributed by atoms with E-state index in [1.54, 1.807) is 18.7 Å². The monoisotopic (exact) mass is 351 g/mol. The Morgan fingerprint density at radius 3 is 2.08 bits per heavy atom. The Hall–Kier alpha value is -3.08. The van der Waals surface area contributed by atoms with Crippen LogP contribution in [0.15, 0.2) is 47.6 Å². The van der Waals surface area contributed by atoms with Crippen molar-refractivity contribution >= 4 is 5.91 Å². The van der Waals surface area contributed by atoms with Crippen LogP contribution in [0.4, 0.5) is 0 Å². The molecule has 0 rings (SSSR count). The zero-order chi connectivity index (χ0) is 20.0. The fourth-order valence-corrected chi connectivity index (χ4v) is 1.55. The van der Waals surface area contributed by atoms with E-state index in [0.29, 0.717) is 5.57 Å². The van der Waals surface area contributed by atoms with E-state index in [1.807, 2.05) is 19.9 Å². The first-order valence-corrected chi connectivity index (χ1v) is 7.57. The third-order valence-corrected chi connectivity index (χ3v) is 3.00. The minimum atomic E-state index is -0.858. The van der Waals surface area contributed by atoms with Gasteiger partial charge in [-0.05, 0) is 33.3 Å². The van der Waals surface area contributed by atoms with Crippen molar-refractivity contribution in [3.05, 3.63) is 57.7 Å². The van der Waals surface area contributed by atoms with Crippen LogP contribution in [0.2, 0.25) is 0 Å². The van der Waals surface area contributed by atoms with Crippen LogP contribution in [-0.4, -0.2) is 39.0 Å². The number of nitrogens with zero attached hydrogens (tertiary/aromatic N) is 3. The van der Waals surface area contributed by atoms with Gasteiger partial charge in [0.25, 0.3) is 0 Å². The number of nitriles is 1. The molecule has 0 aliphatic rings. The maximum Gasteiger partial charge on any atom is 0.314 e. The molecule has 1 amide bonds. The minimum absolute atomic E-state index is 0.162. The molecule has 138 valence electrons. The molecule has 0 aromatic heterocycles. The Balaban J connectivity index is 0. The van der Waals surface area contributed by atoms with E-state index in [4.69, 9.17) is 5.26 Å². The molecule has 0 radical (unpaired) electrons. The lowest BCUT2D eigenvalue weighted by molar-refractivity contribution is -0.421. The lowest BCUT2D eigenvalue weighted by atomic mass is 10.2. The summed E-state index contributed by atoms with van der Waals surface area (Å²) in [5.74, 6) is -1.32. The third kappa shape index (κ3) is 10.3. The van der Waals surface area contributed by atoms with Crippen LogP contribution in [0.1, 0.15) is 34.1 Å². The molecule has 0 fully saturated rings. The summed E-state index contributed by atoms with van der Waals surface area (Å²) in [6.07, 6.45) is 3.67. The van der Waals surface area contributed by atoms with Gasteiger partial charge in [-0.15, -0.1) is 0 Å². The molecular weight excluding hydrogens is 326 g/mol. The highest BCUT2D eigenvalue weighted by Crippen LogP contribution is 2.12. The quantitative estimate of drug-likeness (QED) is 0.238. The van der Waals surface area contributed by atoms with Crippen molar-refractivity contribution in [3.8, 4) is 6.07 Å². The Bertz CT molecular complexity index is 608. The van der Waals surface area contributed by atoms with Gasteiger partial charge < -0.3 is 15.1 Å². The van der Waals surface area contributed by atoms with Crippen molar-refractivity contribution in [2.75, 3.05) is 13.1 Å². The molecule has 0 heterocycles. The summed E-state index contributed by atoms with van der Waals surface area (Å²) in [7, 11) is 0. The second-order valence-electron chi connectivity index (χ2n) is 4.71. The molecule has 0 spiro atoms. The molecule has 0 aromatic rings. The van der Waals surface area contributed by atoms with Gasteiger partial charge in [-0.3, -0.25) is 14.9 Å². The van der Waals surface area contributed by atoms with Gasteiger partial charge in [0, 0.05) is 31.7 Å². The van der Waals surface area contributed by atoms with E-state index < -0.39 is 22.1 Å². The molecule has 0 saturated carbocycles. The molecule has 25 heavy (non-hydrogen) atoms. The normalized spacial score (nSPS) is 12.1. The van der Waals surface area contributed by atoms with Crippen LogP contribution in [0.25, 0.3) is 0 Å². The number of nitro groups is 1. The van der Waals surface area contributed by atoms with Gasteiger partial charge in [0.05, 0.1) is 11.0 Å². The summed E-state index contributed by atoms with van der Waals surface area (Å²) in [5.41, 5.74) is -0.240. The number of hydrogen-bond donors (Lipinski definition) is 2. The largest absolute Gasteiger partial charge is 0.504 e. The summed E-state index contributed by atoms with van der Waals surface area (Å²) < 4.78 is 0. The standard InChI is InChI=1S/C11H12N2O4.C6H13NO/c1-3-9(13(16)17)11(15)10(14)6-4-5-8(2)7-12;1-4-7(5-2)6(3)8/h3,5-6,14-15H,1,4H2,2H3;4-5H2,1-3H3/b8-5-,10-6+,11-9-;. The molecular formula is C17H25N3O5. The highest BCUT2D eigenvalue weighted by molar-refractivity contribution is 5.73. The van der Waals surface area contributed by atoms with Gasteiger partial charge >= 0.3 is 5.70 Å². The Morgan fingerprint density at radius 2 is 1.80 bits per heavy atom. The first-order valence-electron chi connectivity index (χ1n) is 7.57. The van der Waals surface area contributed by atoms with E-state index in [2.05, 4.69) is 6.58 Å². The number of allylic oxidation sites excluding steroid dienone is 4. The highest BCUT2D eigenvalue weighted by atomic mass is 16.6. The van der Waals surface area contributed by atoms with E-state index in [1.165, 1.54) is 6.08 Å². The van der Waals surface area contributed by atoms with Crippen molar-refractivity contribution < 1.29 is 19.9 Å². The Kier molecular flexibility index (Phi) is 12.9. The molecule has 0 saturated heterocycles. The van der Waals surface area contributed by atoms with Crippen molar-refractivity contribution in [3.63, 3.8) is 0 Å². The zero-order valence-electron chi connectivity index (χ0n) is 15.0. The molecule has 2 N–H and O–H groups in total. The van der Waals surface area contributed by atoms with Gasteiger partial charge in [0.2, 0.25) is 11.7 Å². The summed E-state index contributed by atoms with van der Waals surface area (Å²) in [4.78, 5) is 21.9. The summed E-state index contributed by atoms with van der Waals surface area (Å²) in [6, 6.07) is 1.87. The second-order valence-corrected chi connectivity index (χ2v) is 4.71. The number of hydrogen-bond acceptors (Lipinski definition) is 6. The van der Waals surface area contributed by atoms with Crippen molar-refractivity contribution in [2.45, 2.75) is 34.1 Å². The third-order valence-electron chi connectivity index (χ3n) is 3.00. The van der Waals surface area contributed by atoms with Gasteiger partial charge in [-0.25, -0.2) is 0 Å². The van der Waals surface area contributed by atoms with E-state index in [9.17, 15) is 25.1 Å². The number of amides is 1. The topological polar surface area (TPSA) is 128 Å². The average molecular weight is 351 g/mol. The summed E-state index contributed by atoms with van der Waals surface area (Å²) >= 11 is 0. The molecule has 0 unspecified atom stereocenters. The SMILES string of the molecule is C=C/C(=C(O)\C(O)=C/C/C=C(/C)C#N)[N+](=O)[O-].CCN(CC)C(C)=O. The highest BCUT2D eigenvalue weighted by Gasteiger charge is 2.16. The first-order chi connectivity index (χ1) is 11.7. The van der Waals surface area contributed by atoms with Gasteiger partial charge in [-0.2, -0.15) is 5.26 Å². The first kappa shape index (κ1) is 24.2. The van der Waals surface area contributed by atoms with E-state index >= 15 is 0 Å². The Morgan fingerprint density at radius 1 is 1.28 bits per heavy atom. The van der Waals surface area contributed by atoms with Gasteiger partial charge in [0.1, 0.15) is 0 Å². The fraction of sp³-hybridized carbons (Fsp3) is 0.412. The number of aliphatic hydroxyl groups is 2. The fourth-order valence-electron chi connectivity index (χ4n) is 1.55. The van der Waals surface area contributed by atoms with Crippen LogP contribution in [0.5, 0.6) is 0 Å². The average Bonchev–Trinajstić information content (AvgIpc) is 2.56. The lowest BCUT2D eigenvalue weighted by Gasteiger charge is -2.14. The van der Waals surface area contributed by atoms with Crippen LogP contribution >= 0.6 is 0 Å². The number of aliphatic hydroxyl groups excluding tert-OH is 2. The summed E-state index contributed by atoms with van der Waals surface area (Å²) in [5, 5.41) is 37.5. The predicted molar refractivity (Wildman–Crippen MR) is 95.1 cm³/mol. The molecule has 0 atom stereocenters. The predicted octanol–water partition coefficient (Wildman–Crippen LogP) is 3.40. The Labute approximate surface area is 147 Å². The maximum absolute atomic E-state index is 10.5. The molecule has 0 aromatic carbocycles. The lowest BCUT2D eigenvalue weighted by Crippen LogP contribution is -2.27. The molecule has 8 nitrogen and oxygen atoms in total. The molecule has 0 bridgehead atoms. The number of rotatable bonds is 7. The summed E-state index contributed by atoms with van der Waals surface area (Å²) in [6.45, 7) is 11.9. The van der Waals surface area contributed by atoms with Crippen molar-refractivity contribution in [2.24, 2.45) is 0 Å². The van der Waals surface area contributed by atoms with Crippen LogP contribution < -0.4 is 0 Å². The van der Waals surface area contributed by atoms with Crippen LogP contribution in [0, 0.1) is 21.4 Å². The van der Waals surface area contributed by atoms with E-state index in [-0.39, 0.29) is 12.3 Å². The molecule has 0 aliphatic carbocycles. The van der Waals surface area contributed by atoms with Gasteiger partial charge in [0.15, 0.2) is 5.76 Å². The smallest absolute Gasteiger partial charge is 0.314 e. The van der Waals surface area contributed by atoms with E-state index in [0.717, 1.165) is 25.2 Å². The van der Waals surface area contributed by atoms with Gasteiger partial charge in [-0.1, -0.05) is 12.7 Å². The molecule has 0 aliphatic heterocycles. The van der Waals surface area contributed by atoms with Crippen molar-refractivity contribution in [1.29, 1.82) is 5.26 Å². The number of carbonyl (C=O) groups is 1. The number of carbonyl (C=O) groups excluding carboxylic acids is 1. The second kappa shape index (κ2) is 13.4. The molecule has 8 heteroatoms.